The standard InChI is InChI=1S/C14H16N2S.BrH/c1-3-7-12(8-4-1)13-11-17-14(15-13)16-9-5-2-6-10-16;/h1,3-4,7-8,11H,2,5-6,9-10H2;1H. The van der Waals surface area contributed by atoms with E-state index in [1.807, 2.05) is 6.07 Å². The van der Waals surface area contributed by atoms with Crippen LogP contribution in [-0.2, 0) is 0 Å². The number of thiazole rings is 1. The molecular formula is C14H17BrN2S. The van der Waals surface area contributed by atoms with Crippen LogP contribution in [0.2, 0.25) is 0 Å². The van der Waals surface area contributed by atoms with Gasteiger partial charge in [-0.2, -0.15) is 0 Å². The Morgan fingerprint density at radius 1 is 1.00 bits per heavy atom. The van der Waals surface area contributed by atoms with Gasteiger partial charge in [-0.1, -0.05) is 30.3 Å². The monoisotopic (exact) mass is 324 g/mol. The second-order valence-electron chi connectivity index (χ2n) is 4.43. The number of rotatable bonds is 2. The average molecular weight is 325 g/mol. The molecule has 2 nitrogen and oxygen atoms in total. The topological polar surface area (TPSA) is 16.1 Å². The molecule has 3 rings (SSSR count). The molecule has 0 radical (unpaired) electrons. The number of benzene rings is 1. The molecule has 1 aromatic heterocycles. The molecule has 0 aliphatic carbocycles. The second kappa shape index (κ2) is 6.34. The first-order valence-corrected chi connectivity index (χ1v) is 7.07. The van der Waals surface area contributed by atoms with Crippen LogP contribution in [0.5, 0.6) is 0 Å². The molecule has 0 spiro atoms. The number of halogens is 1. The van der Waals surface area contributed by atoms with Gasteiger partial charge in [0.15, 0.2) is 5.13 Å². The van der Waals surface area contributed by atoms with Gasteiger partial charge < -0.3 is 4.90 Å². The molecule has 0 atom stereocenters. The molecule has 1 fully saturated rings. The largest absolute Gasteiger partial charge is 0.348 e. The van der Waals surface area contributed by atoms with Gasteiger partial charge in [0.1, 0.15) is 0 Å². The molecule has 1 aromatic carbocycles. The van der Waals surface area contributed by atoms with Gasteiger partial charge in [-0.25, -0.2) is 4.98 Å². The summed E-state index contributed by atoms with van der Waals surface area (Å²) in [6.07, 6.45) is 3.98. The molecule has 0 N–H and O–H groups in total. The SMILES string of the molecule is Br.c1ccc(-c2csc(N3CCCCC3)n2)cc1. The number of aromatic nitrogens is 1. The fourth-order valence-electron chi connectivity index (χ4n) is 2.24. The highest BCUT2D eigenvalue weighted by atomic mass is 79.9. The van der Waals surface area contributed by atoms with Crippen LogP contribution in [0.25, 0.3) is 11.3 Å². The molecule has 0 saturated carbocycles. The van der Waals surface area contributed by atoms with Crippen molar-refractivity contribution in [2.75, 3.05) is 18.0 Å². The summed E-state index contributed by atoms with van der Waals surface area (Å²) in [6.45, 7) is 2.34. The molecule has 1 aliphatic rings. The van der Waals surface area contributed by atoms with Crippen LogP contribution in [0.15, 0.2) is 35.7 Å². The summed E-state index contributed by atoms with van der Waals surface area (Å²) in [5.41, 5.74) is 2.32. The Hall–Kier alpha value is -0.870. The molecule has 0 bridgehead atoms. The number of anilines is 1. The zero-order chi connectivity index (χ0) is 11.5. The van der Waals surface area contributed by atoms with Crippen LogP contribution in [0, 0.1) is 0 Å². The normalized spacial score (nSPS) is 15.2. The van der Waals surface area contributed by atoms with E-state index in [0.717, 1.165) is 5.69 Å². The van der Waals surface area contributed by atoms with Crippen LogP contribution in [0.1, 0.15) is 19.3 Å². The van der Waals surface area contributed by atoms with Crippen molar-refractivity contribution in [3.05, 3.63) is 35.7 Å². The molecule has 2 heterocycles. The fraction of sp³-hybridized carbons (Fsp3) is 0.357. The molecule has 0 amide bonds. The molecule has 0 unspecified atom stereocenters. The van der Waals surface area contributed by atoms with Crippen molar-refractivity contribution in [3.63, 3.8) is 0 Å². The fourth-order valence-corrected chi connectivity index (χ4v) is 3.12. The summed E-state index contributed by atoms with van der Waals surface area (Å²) in [7, 11) is 0. The lowest BCUT2D eigenvalue weighted by atomic mass is 10.1. The summed E-state index contributed by atoms with van der Waals surface area (Å²) in [6, 6.07) is 10.4. The minimum atomic E-state index is 0. The number of piperidine rings is 1. The van der Waals surface area contributed by atoms with Gasteiger partial charge in [-0.15, -0.1) is 28.3 Å². The Kier molecular flexibility index (Phi) is 4.78. The molecule has 1 saturated heterocycles. The highest BCUT2D eigenvalue weighted by molar-refractivity contribution is 8.93. The summed E-state index contributed by atoms with van der Waals surface area (Å²) in [5, 5.41) is 3.35. The third kappa shape index (κ3) is 2.93. The number of hydrogen-bond acceptors (Lipinski definition) is 3. The minimum absolute atomic E-state index is 0. The van der Waals surface area contributed by atoms with Crippen molar-refractivity contribution < 1.29 is 0 Å². The third-order valence-electron chi connectivity index (χ3n) is 3.19. The maximum absolute atomic E-state index is 4.75. The zero-order valence-corrected chi connectivity index (χ0v) is 12.7. The molecule has 18 heavy (non-hydrogen) atoms. The highest BCUT2D eigenvalue weighted by Crippen LogP contribution is 2.28. The maximum atomic E-state index is 4.75. The molecule has 96 valence electrons. The van der Waals surface area contributed by atoms with Crippen LogP contribution in [-0.4, -0.2) is 18.1 Å². The van der Waals surface area contributed by atoms with Crippen LogP contribution in [0.3, 0.4) is 0 Å². The maximum Gasteiger partial charge on any atom is 0.185 e. The van der Waals surface area contributed by atoms with Crippen molar-refractivity contribution in [2.45, 2.75) is 19.3 Å². The van der Waals surface area contributed by atoms with Crippen LogP contribution < -0.4 is 4.90 Å². The first-order valence-electron chi connectivity index (χ1n) is 6.19. The van der Waals surface area contributed by atoms with Crippen molar-refractivity contribution in [1.82, 2.24) is 4.98 Å². The lowest BCUT2D eigenvalue weighted by Crippen LogP contribution is -2.29. The predicted molar refractivity (Wildman–Crippen MR) is 83.9 cm³/mol. The Morgan fingerprint density at radius 2 is 1.72 bits per heavy atom. The van der Waals surface area contributed by atoms with E-state index in [1.54, 1.807) is 11.3 Å². The Bertz CT molecular complexity index is 478. The van der Waals surface area contributed by atoms with Gasteiger partial charge in [0.25, 0.3) is 0 Å². The van der Waals surface area contributed by atoms with Gasteiger partial charge in [-0.3, -0.25) is 0 Å². The summed E-state index contributed by atoms with van der Waals surface area (Å²) >= 11 is 1.77. The van der Waals surface area contributed by atoms with E-state index in [4.69, 9.17) is 4.98 Å². The van der Waals surface area contributed by atoms with E-state index in [2.05, 4.69) is 34.5 Å². The molecule has 2 aromatic rings. The number of nitrogens with zero attached hydrogens (tertiary/aromatic N) is 2. The van der Waals surface area contributed by atoms with Crippen LogP contribution in [0.4, 0.5) is 5.13 Å². The van der Waals surface area contributed by atoms with Crippen molar-refractivity contribution >= 4 is 33.4 Å². The van der Waals surface area contributed by atoms with Gasteiger partial charge in [0.2, 0.25) is 0 Å². The second-order valence-corrected chi connectivity index (χ2v) is 5.27. The Morgan fingerprint density at radius 3 is 2.44 bits per heavy atom. The lowest BCUT2D eigenvalue weighted by Gasteiger charge is -2.25. The van der Waals surface area contributed by atoms with Crippen molar-refractivity contribution in [2.24, 2.45) is 0 Å². The Labute approximate surface area is 122 Å². The van der Waals surface area contributed by atoms with Crippen molar-refractivity contribution in [1.29, 1.82) is 0 Å². The molecule has 4 heteroatoms. The van der Waals surface area contributed by atoms with E-state index in [1.165, 1.54) is 43.0 Å². The summed E-state index contributed by atoms with van der Waals surface area (Å²) < 4.78 is 0. The summed E-state index contributed by atoms with van der Waals surface area (Å²) in [4.78, 5) is 7.17. The molecule has 1 aliphatic heterocycles. The lowest BCUT2D eigenvalue weighted by molar-refractivity contribution is 0.577. The van der Waals surface area contributed by atoms with Gasteiger partial charge in [-0.05, 0) is 19.3 Å². The van der Waals surface area contributed by atoms with Gasteiger partial charge in [0, 0.05) is 24.0 Å². The Balaban J connectivity index is 0.00000120. The van der Waals surface area contributed by atoms with E-state index in [0.29, 0.717) is 0 Å². The average Bonchev–Trinajstić information content (AvgIpc) is 2.90. The third-order valence-corrected chi connectivity index (χ3v) is 4.09. The highest BCUT2D eigenvalue weighted by Gasteiger charge is 2.14. The zero-order valence-electron chi connectivity index (χ0n) is 10.2. The number of hydrogen-bond donors (Lipinski definition) is 0. The van der Waals surface area contributed by atoms with Gasteiger partial charge in [0.05, 0.1) is 5.69 Å². The minimum Gasteiger partial charge on any atom is -0.348 e. The summed E-state index contributed by atoms with van der Waals surface area (Å²) in [5.74, 6) is 0. The predicted octanol–water partition coefficient (Wildman–Crippen LogP) is 4.38. The first-order chi connectivity index (χ1) is 8.43. The quantitative estimate of drug-likeness (QED) is 0.815. The van der Waals surface area contributed by atoms with Gasteiger partial charge >= 0.3 is 0 Å². The van der Waals surface area contributed by atoms with E-state index in [9.17, 15) is 0 Å². The molecular weight excluding hydrogens is 308 g/mol. The van der Waals surface area contributed by atoms with E-state index < -0.39 is 0 Å². The van der Waals surface area contributed by atoms with E-state index in [-0.39, 0.29) is 17.0 Å². The van der Waals surface area contributed by atoms with Crippen LogP contribution >= 0.6 is 28.3 Å². The van der Waals surface area contributed by atoms with Crippen molar-refractivity contribution in [3.8, 4) is 11.3 Å². The first kappa shape index (κ1) is 13.6. The smallest absolute Gasteiger partial charge is 0.185 e. The van der Waals surface area contributed by atoms with E-state index >= 15 is 0 Å².